The highest BCUT2D eigenvalue weighted by molar-refractivity contribution is 7.89. The Balaban J connectivity index is 2.18. The fourth-order valence-corrected chi connectivity index (χ4v) is 2.55. The first-order valence-corrected chi connectivity index (χ1v) is 7.03. The maximum atomic E-state index is 13.5. The third-order valence-corrected chi connectivity index (χ3v) is 4.04. The van der Waals surface area contributed by atoms with Crippen molar-refractivity contribution >= 4 is 15.8 Å². The van der Waals surface area contributed by atoms with E-state index in [1.54, 1.807) is 0 Å². The van der Waals surface area contributed by atoms with Gasteiger partial charge in [0.15, 0.2) is 11.6 Å². The SMILES string of the molecule is COc1ccc(S(=O)(=O)NCc2cn[nH]c2N)cc1F. The Morgan fingerprint density at radius 2 is 2.25 bits per heavy atom. The van der Waals surface area contributed by atoms with E-state index in [4.69, 9.17) is 10.5 Å². The molecule has 1 aromatic carbocycles. The average Bonchev–Trinajstić information content (AvgIpc) is 2.82. The largest absolute Gasteiger partial charge is 0.494 e. The molecule has 0 atom stereocenters. The van der Waals surface area contributed by atoms with E-state index in [-0.39, 0.29) is 23.0 Å². The zero-order valence-corrected chi connectivity index (χ0v) is 11.4. The summed E-state index contributed by atoms with van der Waals surface area (Å²) in [6.07, 6.45) is 1.41. The van der Waals surface area contributed by atoms with E-state index in [1.807, 2.05) is 0 Å². The number of aromatic amines is 1. The van der Waals surface area contributed by atoms with Crippen molar-refractivity contribution in [2.45, 2.75) is 11.4 Å². The minimum absolute atomic E-state index is 0.0250. The van der Waals surface area contributed by atoms with Gasteiger partial charge in [-0.25, -0.2) is 17.5 Å². The summed E-state index contributed by atoms with van der Waals surface area (Å²) in [5.41, 5.74) is 6.04. The van der Waals surface area contributed by atoms with Gasteiger partial charge in [0, 0.05) is 12.1 Å². The highest BCUT2D eigenvalue weighted by Crippen LogP contribution is 2.20. The van der Waals surface area contributed by atoms with Gasteiger partial charge >= 0.3 is 0 Å². The molecule has 0 amide bonds. The quantitative estimate of drug-likeness (QED) is 0.749. The molecule has 0 aliphatic heterocycles. The standard InChI is InChI=1S/C11H13FN4O3S/c1-19-10-3-2-8(4-9(10)12)20(17,18)15-6-7-5-14-16-11(7)13/h2-5,15H,6H2,1H3,(H3,13,14,16). The Bertz CT molecular complexity index is 714. The van der Waals surface area contributed by atoms with E-state index in [1.165, 1.54) is 25.4 Å². The molecule has 1 heterocycles. The zero-order chi connectivity index (χ0) is 14.8. The highest BCUT2D eigenvalue weighted by Gasteiger charge is 2.17. The second-order valence-electron chi connectivity index (χ2n) is 3.93. The van der Waals surface area contributed by atoms with Gasteiger partial charge in [-0.15, -0.1) is 0 Å². The minimum atomic E-state index is -3.84. The molecule has 0 bridgehead atoms. The van der Waals surface area contributed by atoms with Crippen LogP contribution in [0.5, 0.6) is 5.75 Å². The van der Waals surface area contributed by atoms with Crippen LogP contribution in [-0.4, -0.2) is 25.7 Å². The van der Waals surface area contributed by atoms with E-state index < -0.39 is 15.8 Å². The summed E-state index contributed by atoms with van der Waals surface area (Å²) in [7, 11) is -2.55. The first kappa shape index (κ1) is 14.3. The van der Waals surface area contributed by atoms with Crippen molar-refractivity contribution < 1.29 is 17.5 Å². The predicted octanol–water partition coefficient (Wildman–Crippen LogP) is 0.618. The summed E-state index contributed by atoms with van der Waals surface area (Å²) < 4.78 is 44.5. The lowest BCUT2D eigenvalue weighted by Gasteiger charge is -2.08. The average molecular weight is 300 g/mol. The van der Waals surface area contributed by atoms with Gasteiger partial charge in [-0.3, -0.25) is 5.10 Å². The number of halogens is 1. The van der Waals surface area contributed by atoms with Crippen LogP contribution in [0.4, 0.5) is 10.2 Å². The summed E-state index contributed by atoms with van der Waals surface area (Å²) in [6, 6.07) is 3.39. The number of hydrogen-bond donors (Lipinski definition) is 3. The molecule has 0 radical (unpaired) electrons. The molecule has 0 spiro atoms. The number of nitrogens with two attached hydrogens (primary N) is 1. The Labute approximate surface area is 115 Å². The summed E-state index contributed by atoms with van der Waals surface area (Å²) in [6.45, 7) is -0.0433. The van der Waals surface area contributed by atoms with Crippen LogP contribution < -0.4 is 15.2 Å². The van der Waals surface area contributed by atoms with Gasteiger partial charge in [0.05, 0.1) is 18.2 Å². The third kappa shape index (κ3) is 2.89. The second kappa shape index (κ2) is 5.47. The van der Waals surface area contributed by atoms with Crippen molar-refractivity contribution in [3.63, 3.8) is 0 Å². The van der Waals surface area contributed by atoms with Crippen LogP contribution in [-0.2, 0) is 16.6 Å². The molecule has 7 nitrogen and oxygen atoms in total. The first-order valence-electron chi connectivity index (χ1n) is 5.55. The molecular formula is C11H13FN4O3S. The van der Waals surface area contributed by atoms with Crippen molar-refractivity contribution in [1.29, 1.82) is 0 Å². The Kier molecular flexibility index (Phi) is 3.91. The van der Waals surface area contributed by atoms with Crippen molar-refractivity contribution in [1.82, 2.24) is 14.9 Å². The number of nitrogen functional groups attached to an aromatic ring is 1. The number of H-pyrrole nitrogens is 1. The van der Waals surface area contributed by atoms with Crippen LogP contribution in [0.1, 0.15) is 5.56 Å². The van der Waals surface area contributed by atoms with Gasteiger partial charge in [0.25, 0.3) is 0 Å². The number of anilines is 1. The van der Waals surface area contributed by atoms with Crippen molar-refractivity contribution in [3.05, 3.63) is 35.8 Å². The van der Waals surface area contributed by atoms with Crippen molar-refractivity contribution in [2.75, 3.05) is 12.8 Å². The second-order valence-corrected chi connectivity index (χ2v) is 5.70. The van der Waals surface area contributed by atoms with Gasteiger partial charge in [0.2, 0.25) is 10.0 Å². The fraction of sp³-hybridized carbons (Fsp3) is 0.182. The van der Waals surface area contributed by atoms with Crippen LogP contribution in [0.2, 0.25) is 0 Å². The lowest BCUT2D eigenvalue weighted by Crippen LogP contribution is -2.23. The van der Waals surface area contributed by atoms with Gasteiger partial charge in [-0.05, 0) is 18.2 Å². The maximum absolute atomic E-state index is 13.5. The van der Waals surface area contributed by atoms with E-state index >= 15 is 0 Å². The first-order chi connectivity index (χ1) is 9.44. The molecule has 0 saturated heterocycles. The van der Waals surface area contributed by atoms with Gasteiger partial charge in [-0.1, -0.05) is 0 Å². The molecule has 2 rings (SSSR count). The molecule has 2 aromatic rings. The molecular weight excluding hydrogens is 287 g/mol. The number of ether oxygens (including phenoxy) is 1. The predicted molar refractivity (Wildman–Crippen MR) is 70.0 cm³/mol. The number of nitrogens with one attached hydrogen (secondary N) is 2. The van der Waals surface area contributed by atoms with Gasteiger partial charge in [-0.2, -0.15) is 5.10 Å². The van der Waals surface area contributed by atoms with Crippen LogP contribution in [0.3, 0.4) is 0 Å². The molecule has 20 heavy (non-hydrogen) atoms. The smallest absolute Gasteiger partial charge is 0.240 e. The minimum Gasteiger partial charge on any atom is -0.494 e. The highest BCUT2D eigenvalue weighted by atomic mass is 32.2. The molecule has 1 aromatic heterocycles. The molecule has 0 aliphatic carbocycles. The van der Waals surface area contributed by atoms with E-state index in [0.29, 0.717) is 5.56 Å². The summed E-state index contributed by atoms with van der Waals surface area (Å²) in [4.78, 5) is -0.196. The number of methoxy groups -OCH3 is 1. The maximum Gasteiger partial charge on any atom is 0.240 e. The molecule has 0 unspecified atom stereocenters. The summed E-state index contributed by atoms with van der Waals surface area (Å²) in [5, 5.41) is 6.16. The number of aromatic nitrogens is 2. The zero-order valence-electron chi connectivity index (χ0n) is 10.6. The van der Waals surface area contributed by atoms with Crippen LogP contribution in [0, 0.1) is 5.82 Å². The monoisotopic (exact) mass is 300 g/mol. The molecule has 9 heteroatoms. The van der Waals surface area contributed by atoms with Crippen molar-refractivity contribution in [3.8, 4) is 5.75 Å². The molecule has 0 saturated carbocycles. The normalized spacial score (nSPS) is 11.5. The fourth-order valence-electron chi connectivity index (χ4n) is 1.53. The topological polar surface area (TPSA) is 110 Å². The Hall–Kier alpha value is -2.13. The Morgan fingerprint density at radius 3 is 2.80 bits per heavy atom. The van der Waals surface area contributed by atoms with E-state index in [0.717, 1.165) is 6.07 Å². The number of sulfonamides is 1. The van der Waals surface area contributed by atoms with Gasteiger partial charge in [0.1, 0.15) is 5.82 Å². The van der Waals surface area contributed by atoms with Crippen LogP contribution in [0.25, 0.3) is 0 Å². The summed E-state index contributed by atoms with van der Waals surface area (Å²) in [5.74, 6) is -0.505. The Morgan fingerprint density at radius 1 is 1.50 bits per heavy atom. The lowest BCUT2D eigenvalue weighted by atomic mass is 10.3. The molecule has 0 fully saturated rings. The number of hydrogen-bond acceptors (Lipinski definition) is 5. The number of benzene rings is 1. The van der Waals surface area contributed by atoms with Gasteiger partial charge < -0.3 is 10.5 Å². The van der Waals surface area contributed by atoms with Crippen LogP contribution >= 0.6 is 0 Å². The van der Waals surface area contributed by atoms with E-state index in [9.17, 15) is 12.8 Å². The van der Waals surface area contributed by atoms with E-state index in [2.05, 4.69) is 14.9 Å². The summed E-state index contributed by atoms with van der Waals surface area (Å²) >= 11 is 0. The van der Waals surface area contributed by atoms with Crippen molar-refractivity contribution in [2.24, 2.45) is 0 Å². The number of rotatable bonds is 5. The number of nitrogens with zero attached hydrogens (tertiary/aromatic N) is 1. The molecule has 108 valence electrons. The lowest BCUT2D eigenvalue weighted by molar-refractivity contribution is 0.385. The molecule has 4 N–H and O–H groups in total. The third-order valence-electron chi connectivity index (χ3n) is 2.64. The molecule has 0 aliphatic rings. The van der Waals surface area contributed by atoms with Crippen LogP contribution in [0.15, 0.2) is 29.3 Å².